The van der Waals surface area contributed by atoms with Crippen LogP contribution in [0.2, 0.25) is 18.1 Å². The Morgan fingerprint density at radius 2 is 1.88 bits per heavy atom. The zero-order chi connectivity index (χ0) is 19.5. The summed E-state index contributed by atoms with van der Waals surface area (Å²) in [7, 11) is -0.349. The van der Waals surface area contributed by atoms with Crippen LogP contribution in [0.3, 0.4) is 0 Å². The first-order valence-electron chi connectivity index (χ1n) is 9.58. The molecule has 6 heteroatoms. The molecular formula is C20H34O5Si. The number of carbonyl (C=O) groups excluding carboxylic acids is 2. The van der Waals surface area contributed by atoms with E-state index in [-0.39, 0.29) is 28.6 Å². The van der Waals surface area contributed by atoms with Gasteiger partial charge in [0.25, 0.3) is 0 Å². The first-order valence-corrected chi connectivity index (χ1v) is 12.5. The van der Waals surface area contributed by atoms with E-state index < -0.39 is 14.2 Å². The largest absolute Gasteiger partial charge is 0.468 e. The van der Waals surface area contributed by atoms with Gasteiger partial charge in [0.15, 0.2) is 8.32 Å². The number of allylic oxidation sites excluding steroid dienone is 1. The van der Waals surface area contributed by atoms with Crippen LogP contribution in [-0.4, -0.2) is 47.0 Å². The zero-order valence-corrected chi connectivity index (χ0v) is 18.1. The maximum Gasteiger partial charge on any atom is 0.316 e. The first-order chi connectivity index (χ1) is 12.1. The molecule has 0 N–H and O–H groups in total. The van der Waals surface area contributed by atoms with Crippen molar-refractivity contribution in [2.75, 3.05) is 26.9 Å². The summed E-state index contributed by atoms with van der Waals surface area (Å²) in [6, 6.07) is 0. The number of Topliss-reactive ketones (excluding diaryl/α,β-unsaturated/α-hetero) is 1. The number of carbonyl (C=O) groups is 2. The summed E-state index contributed by atoms with van der Waals surface area (Å²) in [6.07, 6.45) is 4.31. The van der Waals surface area contributed by atoms with Gasteiger partial charge in [-0.2, -0.15) is 0 Å². The molecule has 0 unspecified atom stereocenters. The first kappa shape index (κ1) is 21.3. The van der Waals surface area contributed by atoms with Crippen LogP contribution in [-0.2, 0) is 23.5 Å². The molecule has 0 aromatic heterocycles. The van der Waals surface area contributed by atoms with Crippen LogP contribution >= 0.6 is 0 Å². The predicted octanol–water partition coefficient (Wildman–Crippen LogP) is 3.74. The summed E-state index contributed by atoms with van der Waals surface area (Å²) >= 11 is 0. The molecule has 1 saturated carbocycles. The average Bonchev–Trinajstić information content (AvgIpc) is 3.04. The molecule has 5 nitrogen and oxygen atoms in total. The number of hydrogen-bond acceptors (Lipinski definition) is 5. The Hall–Kier alpha value is -0.983. The molecule has 26 heavy (non-hydrogen) atoms. The standard InChI is InChI=1S/C20H34O5Si/c1-20(2,3)26(5,6)25-10-9-24-8-7-14-11-15-13-17(21)18(16(15)12-14)19(22)23-4/h11,15-16,18H,7-10,12-13H2,1-6H3/t15-,16-,18+/m1/s1. The summed E-state index contributed by atoms with van der Waals surface area (Å²) in [5.41, 5.74) is 1.30. The third-order valence-corrected chi connectivity index (χ3v) is 10.8. The highest BCUT2D eigenvalue weighted by Gasteiger charge is 2.48. The topological polar surface area (TPSA) is 61.8 Å². The van der Waals surface area contributed by atoms with Gasteiger partial charge in [-0.3, -0.25) is 9.59 Å². The Labute approximate surface area is 158 Å². The highest BCUT2D eigenvalue weighted by Crippen LogP contribution is 2.45. The van der Waals surface area contributed by atoms with Crippen molar-refractivity contribution in [2.45, 2.75) is 58.2 Å². The molecule has 2 rings (SSSR count). The lowest BCUT2D eigenvalue weighted by molar-refractivity contribution is -0.149. The summed E-state index contributed by atoms with van der Waals surface area (Å²) in [6.45, 7) is 13.1. The second kappa shape index (κ2) is 8.36. The van der Waals surface area contributed by atoms with Crippen molar-refractivity contribution < 1.29 is 23.5 Å². The minimum absolute atomic E-state index is 0.0289. The molecule has 0 spiro atoms. The Morgan fingerprint density at radius 3 is 2.50 bits per heavy atom. The molecule has 0 saturated heterocycles. The van der Waals surface area contributed by atoms with Gasteiger partial charge in [0.1, 0.15) is 11.7 Å². The van der Waals surface area contributed by atoms with Crippen LogP contribution in [0.15, 0.2) is 11.6 Å². The van der Waals surface area contributed by atoms with Gasteiger partial charge < -0.3 is 13.9 Å². The smallest absolute Gasteiger partial charge is 0.316 e. The summed E-state index contributed by atoms with van der Waals surface area (Å²) in [5, 5.41) is 0.215. The normalized spacial score (nSPS) is 26.0. The Bertz CT molecular complexity index is 561. The van der Waals surface area contributed by atoms with Crippen LogP contribution < -0.4 is 0 Å². The van der Waals surface area contributed by atoms with Crippen LogP contribution in [0.5, 0.6) is 0 Å². The lowest BCUT2D eigenvalue weighted by Gasteiger charge is -2.36. The van der Waals surface area contributed by atoms with Crippen molar-refractivity contribution in [1.29, 1.82) is 0 Å². The fourth-order valence-electron chi connectivity index (χ4n) is 3.62. The van der Waals surface area contributed by atoms with E-state index in [4.69, 9.17) is 13.9 Å². The highest BCUT2D eigenvalue weighted by atomic mass is 28.4. The fraction of sp³-hybridized carbons (Fsp3) is 0.800. The lowest BCUT2D eigenvalue weighted by atomic mass is 9.90. The van der Waals surface area contributed by atoms with Gasteiger partial charge in [-0.1, -0.05) is 32.4 Å². The quantitative estimate of drug-likeness (QED) is 0.210. The number of methoxy groups -OCH3 is 1. The predicted molar refractivity (Wildman–Crippen MR) is 103 cm³/mol. The van der Waals surface area contributed by atoms with Gasteiger partial charge in [-0.25, -0.2) is 0 Å². The van der Waals surface area contributed by atoms with Crippen molar-refractivity contribution in [3.05, 3.63) is 11.6 Å². The molecule has 3 atom stereocenters. The number of ether oxygens (including phenoxy) is 2. The van der Waals surface area contributed by atoms with Gasteiger partial charge in [-0.05, 0) is 42.8 Å². The minimum atomic E-state index is -1.70. The van der Waals surface area contributed by atoms with Gasteiger partial charge in [0, 0.05) is 6.42 Å². The second-order valence-corrected chi connectivity index (χ2v) is 13.8. The van der Waals surface area contributed by atoms with Crippen LogP contribution in [0.1, 0.15) is 40.0 Å². The summed E-state index contributed by atoms with van der Waals surface area (Å²) in [5.74, 6) is -0.634. The lowest BCUT2D eigenvalue weighted by Crippen LogP contribution is -2.41. The van der Waals surface area contributed by atoms with Crippen LogP contribution in [0.25, 0.3) is 0 Å². The molecule has 2 aliphatic rings. The maximum atomic E-state index is 12.0. The maximum absolute atomic E-state index is 12.0. The number of rotatable bonds is 8. The number of ketones is 1. The third kappa shape index (κ3) is 4.84. The molecule has 0 bridgehead atoms. The van der Waals surface area contributed by atoms with Crippen molar-refractivity contribution in [3.8, 4) is 0 Å². The van der Waals surface area contributed by atoms with Crippen molar-refractivity contribution in [2.24, 2.45) is 17.8 Å². The summed E-state index contributed by atoms with van der Waals surface area (Å²) < 4.78 is 16.6. The highest BCUT2D eigenvalue weighted by molar-refractivity contribution is 6.74. The third-order valence-electron chi connectivity index (χ3n) is 6.23. The minimum Gasteiger partial charge on any atom is -0.468 e. The number of hydrogen-bond donors (Lipinski definition) is 0. The van der Waals surface area contributed by atoms with Gasteiger partial charge in [0.05, 0.1) is 26.9 Å². The Kier molecular flexibility index (Phi) is 6.85. The van der Waals surface area contributed by atoms with E-state index in [9.17, 15) is 9.59 Å². The van der Waals surface area contributed by atoms with Crippen LogP contribution in [0, 0.1) is 17.8 Å². The summed E-state index contributed by atoms with van der Waals surface area (Å²) in [4.78, 5) is 23.9. The Morgan fingerprint density at radius 1 is 1.19 bits per heavy atom. The van der Waals surface area contributed by atoms with E-state index in [1.54, 1.807) is 0 Å². The Balaban J connectivity index is 1.69. The van der Waals surface area contributed by atoms with E-state index in [1.807, 2.05) is 0 Å². The monoisotopic (exact) mass is 382 g/mol. The molecular weight excluding hydrogens is 348 g/mol. The second-order valence-electron chi connectivity index (χ2n) is 9.00. The van der Waals surface area contributed by atoms with Gasteiger partial charge in [-0.15, -0.1) is 0 Å². The molecule has 0 amide bonds. The fourth-order valence-corrected chi connectivity index (χ4v) is 4.64. The van der Waals surface area contributed by atoms with Crippen molar-refractivity contribution in [3.63, 3.8) is 0 Å². The average molecular weight is 383 g/mol. The molecule has 0 heterocycles. The van der Waals surface area contributed by atoms with E-state index in [2.05, 4.69) is 39.9 Å². The number of fused-ring (bicyclic) bond motifs is 1. The van der Waals surface area contributed by atoms with Gasteiger partial charge in [0.2, 0.25) is 0 Å². The SMILES string of the molecule is COC(=O)[C@@H]1C(=O)C[C@H]2C=C(CCOCCO[Si](C)(C)C(C)(C)C)C[C@@H]12. The van der Waals surface area contributed by atoms with E-state index >= 15 is 0 Å². The van der Waals surface area contributed by atoms with Crippen LogP contribution in [0.4, 0.5) is 0 Å². The molecule has 1 fully saturated rings. The molecule has 148 valence electrons. The van der Waals surface area contributed by atoms with Crippen molar-refractivity contribution in [1.82, 2.24) is 0 Å². The molecule has 0 aliphatic heterocycles. The van der Waals surface area contributed by atoms with E-state index in [0.29, 0.717) is 26.2 Å². The molecule has 0 aromatic rings. The van der Waals surface area contributed by atoms with E-state index in [1.165, 1.54) is 12.7 Å². The number of esters is 1. The molecule has 0 radical (unpaired) electrons. The zero-order valence-electron chi connectivity index (χ0n) is 17.1. The molecule has 0 aromatic carbocycles. The molecule has 2 aliphatic carbocycles. The van der Waals surface area contributed by atoms with Gasteiger partial charge >= 0.3 is 5.97 Å². The van der Waals surface area contributed by atoms with E-state index in [0.717, 1.165) is 12.8 Å². The van der Waals surface area contributed by atoms with Crippen molar-refractivity contribution >= 4 is 20.1 Å².